The zero-order valence-corrected chi connectivity index (χ0v) is 35.0. The summed E-state index contributed by atoms with van der Waals surface area (Å²) in [7, 11) is 1.27. The lowest BCUT2D eigenvalue weighted by atomic mass is 9.72. The van der Waals surface area contributed by atoms with Crippen molar-refractivity contribution in [2.45, 2.75) is 113 Å². The number of carbonyl (C=O) groups excluding carboxylic acids is 7. The second kappa shape index (κ2) is 19.0. The number of fused-ring (bicyclic) bond motifs is 3. The second-order valence-corrected chi connectivity index (χ2v) is 16.2. The molecule has 22 heteroatoms. The number of likely N-dealkylation sites (tertiary alicyclic amines) is 1. The number of Topliss-reactive ketones (excluding diaryl/α,β-unsaturated/α-hetero) is 1. The predicted octanol–water partition coefficient (Wildman–Crippen LogP) is -2.00. The lowest BCUT2D eigenvalue weighted by molar-refractivity contribution is -0.249. The van der Waals surface area contributed by atoms with Crippen LogP contribution in [0.5, 0.6) is 17.2 Å². The van der Waals surface area contributed by atoms with Crippen molar-refractivity contribution in [3.05, 3.63) is 51.6 Å². The number of nitrogens with zero attached hydrogens (tertiary/aromatic N) is 1. The number of methoxy groups -OCH3 is 1. The van der Waals surface area contributed by atoms with Crippen molar-refractivity contribution in [1.29, 1.82) is 0 Å². The van der Waals surface area contributed by atoms with Crippen molar-refractivity contribution in [1.82, 2.24) is 20.9 Å². The molecule has 64 heavy (non-hydrogen) atoms. The molecule has 5 unspecified atom stereocenters. The van der Waals surface area contributed by atoms with Gasteiger partial charge in [0.05, 0.1) is 55.1 Å². The minimum Gasteiger partial charge on any atom is -0.507 e. The van der Waals surface area contributed by atoms with Crippen LogP contribution in [0.3, 0.4) is 0 Å². The third-order valence-electron chi connectivity index (χ3n) is 12.1. The molecule has 0 bridgehead atoms. The zero-order valence-electron chi connectivity index (χ0n) is 35.0. The summed E-state index contributed by atoms with van der Waals surface area (Å²) >= 11 is 0. The summed E-state index contributed by atoms with van der Waals surface area (Å²) in [4.78, 5) is 105. The van der Waals surface area contributed by atoms with Gasteiger partial charge in [0.25, 0.3) is 0 Å². The van der Waals surface area contributed by atoms with E-state index in [0.717, 1.165) is 0 Å². The fourth-order valence-electron chi connectivity index (χ4n) is 8.75. The number of amides is 4. The molecular weight excluding hydrogens is 848 g/mol. The molecule has 2 aliphatic carbocycles. The Morgan fingerprint density at radius 2 is 1.70 bits per heavy atom. The minimum atomic E-state index is -2.43. The first-order valence-electron chi connectivity index (χ1n) is 20.5. The van der Waals surface area contributed by atoms with Crippen LogP contribution in [0.4, 0.5) is 0 Å². The summed E-state index contributed by atoms with van der Waals surface area (Å²) in [5.74, 6) is -8.79. The van der Waals surface area contributed by atoms with E-state index < -0.39 is 163 Å². The molecule has 2 saturated heterocycles. The Labute approximate surface area is 364 Å². The first-order valence-corrected chi connectivity index (χ1v) is 20.5. The zero-order chi connectivity index (χ0) is 46.9. The van der Waals surface area contributed by atoms with Gasteiger partial charge in [-0.15, -0.1) is 0 Å². The predicted molar refractivity (Wildman–Crippen MR) is 214 cm³/mol. The van der Waals surface area contributed by atoms with Crippen LogP contribution in [0.2, 0.25) is 0 Å². The normalized spacial score (nSPS) is 25.8. The molecule has 4 aliphatic rings. The number of carbonyl (C=O) groups is 8. The molecule has 0 aromatic heterocycles. The van der Waals surface area contributed by atoms with Crippen molar-refractivity contribution in [3.8, 4) is 17.2 Å². The number of hydrogen-bond acceptors (Lipinski definition) is 17. The molecule has 2 aromatic carbocycles. The first-order chi connectivity index (χ1) is 30.3. The molecule has 4 amide bonds. The maximum Gasteiger partial charge on any atom is 0.303 e. The average Bonchev–Trinajstić information content (AvgIpc) is 3.76. The molecule has 2 aliphatic heterocycles. The number of aliphatic carboxylic acids is 1. The molecule has 0 radical (unpaired) electrons. The van der Waals surface area contributed by atoms with Crippen LogP contribution in [0.1, 0.15) is 101 Å². The van der Waals surface area contributed by atoms with Crippen molar-refractivity contribution < 1.29 is 88.3 Å². The number of carboxylic acid groups (broad SMARTS) is 1. The topological polar surface area (TPSA) is 345 Å². The van der Waals surface area contributed by atoms with Gasteiger partial charge in [0.2, 0.25) is 29.4 Å². The largest absolute Gasteiger partial charge is 0.507 e. The highest BCUT2D eigenvalue weighted by Gasteiger charge is 2.51. The van der Waals surface area contributed by atoms with Gasteiger partial charge in [-0.1, -0.05) is 12.1 Å². The van der Waals surface area contributed by atoms with Gasteiger partial charge >= 0.3 is 5.97 Å². The van der Waals surface area contributed by atoms with Crippen molar-refractivity contribution in [2.75, 3.05) is 26.9 Å². The number of phenolic OH excluding ortho intramolecular Hbond substituents is 2. The summed E-state index contributed by atoms with van der Waals surface area (Å²) in [6.07, 6.45) is -7.43. The van der Waals surface area contributed by atoms with Crippen LogP contribution in [-0.2, 0) is 44.7 Å². The highest BCUT2D eigenvalue weighted by Crippen LogP contribution is 2.52. The van der Waals surface area contributed by atoms with Crippen LogP contribution in [0.15, 0.2) is 18.2 Å². The van der Waals surface area contributed by atoms with E-state index in [9.17, 15) is 69.0 Å². The summed E-state index contributed by atoms with van der Waals surface area (Å²) < 4.78 is 17.5. The number of ether oxygens (including phenoxy) is 3. The standard InChI is InChI=1S/C42H50N4O18/c1-17(43-39(58)22(15-47)44-27(50)9-10-28(51)52)41(60)46-11-5-7-23(46)40(59)45-21-12-29(63-18(2)34(21)53)64-25-14-42(61,26(49)16-48)13-20-31(25)38(57)33-32(36(20)55)35(54)19-6-4-8-24(62-3)30(19)37(33)56/h4,6,8,17-18,21-23,25,29,34,47-48,53,55,57,61H,5,7,9-16H2,1-3H3,(H,43,58)(H,44,50)(H,45,59)(H,51,52)/t17-,18?,21?,22+,23+,25?,29?,34?,42+/m1/s1. The van der Waals surface area contributed by atoms with E-state index in [1.165, 1.54) is 44.1 Å². The molecule has 2 fully saturated rings. The van der Waals surface area contributed by atoms with Crippen molar-refractivity contribution in [3.63, 3.8) is 0 Å². The maximum atomic E-state index is 14.0. The molecule has 2 heterocycles. The number of phenols is 2. The number of carboxylic acids is 1. The number of ketones is 3. The van der Waals surface area contributed by atoms with Gasteiger partial charge in [-0.05, 0) is 32.8 Å². The molecule has 9 atom stereocenters. The van der Waals surface area contributed by atoms with E-state index in [4.69, 9.17) is 19.3 Å². The van der Waals surface area contributed by atoms with E-state index in [1.54, 1.807) is 0 Å². The molecule has 2 aromatic rings. The first kappa shape index (κ1) is 47.4. The van der Waals surface area contributed by atoms with E-state index >= 15 is 0 Å². The average molecular weight is 899 g/mol. The fourth-order valence-corrected chi connectivity index (χ4v) is 8.75. The van der Waals surface area contributed by atoms with Gasteiger partial charge in [0, 0.05) is 48.9 Å². The Balaban J connectivity index is 1.21. The van der Waals surface area contributed by atoms with Gasteiger partial charge in [-0.3, -0.25) is 38.4 Å². The Bertz CT molecular complexity index is 2270. The number of aliphatic hydroxyl groups is 4. The third-order valence-corrected chi connectivity index (χ3v) is 12.1. The van der Waals surface area contributed by atoms with Crippen LogP contribution < -0.4 is 20.7 Å². The highest BCUT2D eigenvalue weighted by atomic mass is 16.7. The number of hydrogen-bond donors (Lipinski definition) is 10. The van der Waals surface area contributed by atoms with E-state index in [1.807, 2.05) is 0 Å². The van der Waals surface area contributed by atoms with E-state index in [2.05, 4.69) is 16.0 Å². The van der Waals surface area contributed by atoms with Gasteiger partial charge in [-0.25, -0.2) is 0 Å². The van der Waals surface area contributed by atoms with Crippen LogP contribution in [0.25, 0.3) is 0 Å². The van der Waals surface area contributed by atoms with Crippen LogP contribution >= 0.6 is 0 Å². The fraction of sp³-hybridized carbons (Fsp3) is 0.524. The van der Waals surface area contributed by atoms with Gasteiger partial charge in [0.1, 0.15) is 53.7 Å². The van der Waals surface area contributed by atoms with Gasteiger partial charge < -0.3 is 70.8 Å². The Hall–Kier alpha value is -6.04. The summed E-state index contributed by atoms with van der Waals surface area (Å²) in [5.41, 5.74) is -4.48. The third kappa shape index (κ3) is 9.01. The molecular formula is C42H50N4O18. The summed E-state index contributed by atoms with van der Waals surface area (Å²) in [5, 5.41) is 81.9. The molecule has 346 valence electrons. The van der Waals surface area contributed by atoms with Crippen molar-refractivity contribution in [2.24, 2.45) is 0 Å². The smallest absolute Gasteiger partial charge is 0.303 e. The minimum absolute atomic E-state index is 0.0159. The molecule has 10 N–H and O–H groups in total. The maximum absolute atomic E-state index is 14.0. The quantitative estimate of drug-likeness (QED) is 0.0737. The number of rotatable bonds is 15. The van der Waals surface area contributed by atoms with Crippen LogP contribution in [-0.4, -0.2) is 163 Å². The van der Waals surface area contributed by atoms with Crippen molar-refractivity contribution >= 4 is 46.9 Å². The number of aliphatic hydroxyl groups excluding tert-OH is 3. The molecule has 6 rings (SSSR count). The molecule has 0 saturated carbocycles. The Kier molecular flexibility index (Phi) is 14.1. The number of aromatic hydroxyl groups is 2. The second-order valence-electron chi connectivity index (χ2n) is 16.2. The molecule has 22 nitrogen and oxygen atoms in total. The summed E-state index contributed by atoms with van der Waals surface area (Å²) in [6, 6.07) is -0.745. The summed E-state index contributed by atoms with van der Waals surface area (Å²) in [6.45, 7) is 0.895. The van der Waals surface area contributed by atoms with Crippen LogP contribution in [0, 0.1) is 0 Å². The van der Waals surface area contributed by atoms with Gasteiger partial charge in [0.15, 0.2) is 17.9 Å². The SMILES string of the molecule is COc1cccc2c1C(=O)c1c(O)c3c(c(O)c1C2=O)C[C@@](O)(C(=O)CO)CC3OC1CC(NC(=O)[C@@H]2CCCN2C(=O)[C@@H](C)NC(=O)[C@H](CO)NC(=O)CCC(=O)O)C(O)C(C)O1. The number of nitrogens with one attached hydrogen (secondary N) is 3. The lowest BCUT2D eigenvalue weighted by Crippen LogP contribution is -2.60. The van der Waals surface area contributed by atoms with E-state index in [0.29, 0.717) is 6.42 Å². The highest BCUT2D eigenvalue weighted by molar-refractivity contribution is 6.31. The lowest BCUT2D eigenvalue weighted by Gasteiger charge is -2.43. The number of benzene rings is 2. The van der Waals surface area contributed by atoms with Gasteiger partial charge in [-0.2, -0.15) is 0 Å². The van der Waals surface area contributed by atoms with E-state index in [-0.39, 0.29) is 47.4 Å². The monoisotopic (exact) mass is 898 g/mol. The Morgan fingerprint density at radius 3 is 2.36 bits per heavy atom. The molecule has 0 spiro atoms. The Morgan fingerprint density at radius 1 is 1.00 bits per heavy atom.